The summed E-state index contributed by atoms with van der Waals surface area (Å²) in [7, 11) is 1.54. The van der Waals surface area contributed by atoms with Gasteiger partial charge in [0.2, 0.25) is 11.7 Å². The van der Waals surface area contributed by atoms with Crippen molar-refractivity contribution < 1.29 is 23.2 Å². The van der Waals surface area contributed by atoms with E-state index in [0.29, 0.717) is 24.5 Å². The van der Waals surface area contributed by atoms with Gasteiger partial charge in [0.05, 0.1) is 18.2 Å². The fourth-order valence-electron chi connectivity index (χ4n) is 5.81. The molecule has 0 amide bonds. The van der Waals surface area contributed by atoms with Crippen LogP contribution < -0.4 is 19.8 Å². The smallest absolute Gasteiger partial charge is 0.363 e. The summed E-state index contributed by atoms with van der Waals surface area (Å²) in [6.07, 6.45) is 5.90. The molecule has 2 aliphatic heterocycles. The monoisotopic (exact) mass is 578 g/mol. The first-order valence-corrected chi connectivity index (χ1v) is 13.5. The molecule has 2 atom stereocenters. The molecular formula is C29H28F2N6O5. The van der Waals surface area contributed by atoms with Gasteiger partial charge in [-0.05, 0) is 53.4 Å². The van der Waals surface area contributed by atoms with Gasteiger partial charge in [-0.25, -0.2) is 9.37 Å². The highest BCUT2D eigenvalue weighted by Crippen LogP contribution is 2.38. The lowest BCUT2D eigenvalue weighted by Crippen LogP contribution is -2.48. The summed E-state index contributed by atoms with van der Waals surface area (Å²) in [6.45, 7) is 3.74. The van der Waals surface area contributed by atoms with E-state index in [2.05, 4.69) is 19.8 Å². The third kappa shape index (κ3) is 5.00. The Balaban J connectivity index is 1.36. The maximum absolute atomic E-state index is 14.5. The maximum Gasteiger partial charge on any atom is 0.363 e. The van der Waals surface area contributed by atoms with E-state index in [4.69, 9.17) is 9.47 Å². The quantitative estimate of drug-likeness (QED) is 0.219. The van der Waals surface area contributed by atoms with Crippen LogP contribution in [0.25, 0.3) is 10.9 Å². The molecule has 5 heterocycles. The highest BCUT2D eigenvalue weighted by molar-refractivity contribution is 5.87. The molecule has 4 aromatic rings. The zero-order chi connectivity index (χ0) is 29.5. The Bertz CT molecular complexity index is 1730. The lowest BCUT2D eigenvalue weighted by atomic mass is 10.0. The number of benzene rings is 1. The molecule has 218 valence electrons. The van der Waals surface area contributed by atoms with Crippen molar-refractivity contribution in [3.63, 3.8) is 0 Å². The largest absolute Gasteiger partial charge is 0.481 e. The number of nitrogens with zero attached hydrogens (tertiary/aromatic N) is 6. The van der Waals surface area contributed by atoms with E-state index in [0.717, 1.165) is 36.7 Å². The Morgan fingerprint density at radius 3 is 2.79 bits per heavy atom. The molecule has 1 unspecified atom stereocenters. The molecule has 42 heavy (non-hydrogen) atoms. The molecule has 1 fully saturated rings. The average Bonchev–Trinajstić information content (AvgIpc) is 3.33. The molecule has 0 saturated carbocycles. The molecule has 0 bridgehead atoms. The number of nitro groups is 1. The van der Waals surface area contributed by atoms with Crippen LogP contribution in [0.3, 0.4) is 0 Å². The second-order valence-electron chi connectivity index (χ2n) is 10.5. The van der Waals surface area contributed by atoms with Gasteiger partial charge in [0, 0.05) is 62.3 Å². The van der Waals surface area contributed by atoms with Crippen molar-refractivity contribution in [2.75, 3.05) is 25.1 Å². The first-order valence-electron chi connectivity index (χ1n) is 13.5. The summed E-state index contributed by atoms with van der Waals surface area (Å²) < 4.78 is 41.5. The van der Waals surface area contributed by atoms with Crippen molar-refractivity contribution in [1.82, 2.24) is 19.4 Å². The van der Waals surface area contributed by atoms with Gasteiger partial charge in [-0.1, -0.05) is 0 Å². The number of hydrogen-bond donors (Lipinski definition) is 0. The lowest BCUT2D eigenvalue weighted by Gasteiger charge is -2.40. The van der Waals surface area contributed by atoms with E-state index >= 15 is 0 Å². The van der Waals surface area contributed by atoms with Crippen LogP contribution >= 0.6 is 0 Å². The van der Waals surface area contributed by atoms with E-state index < -0.39 is 22.8 Å². The fourth-order valence-corrected chi connectivity index (χ4v) is 5.81. The highest BCUT2D eigenvalue weighted by Gasteiger charge is 2.31. The summed E-state index contributed by atoms with van der Waals surface area (Å²) in [6, 6.07) is 7.72. The molecule has 1 saturated heterocycles. The first-order chi connectivity index (χ1) is 20.2. The minimum atomic E-state index is -1.13. The number of hydrogen-bond acceptors (Lipinski definition) is 9. The van der Waals surface area contributed by atoms with Crippen molar-refractivity contribution in [1.29, 1.82) is 0 Å². The van der Waals surface area contributed by atoms with Gasteiger partial charge in [-0.3, -0.25) is 9.69 Å². The Kier molecular flexibility index (Phi) is 7.19. The average molecular weight is 579 g/mol. The number of pyridine rings is 3. The van der Waals surface area contributed by atoms with Crippen molar-refractivity contribution in [2.45, 2.75) is 45.1 Å². The van der Waals surface area contributed by atoms with Crippen molar-refractivity contribution in [2.24, 2.45) is 0 Å². The Morgan fingerprint density at radius 1 is 1.21 bits per heavy atom. The number of methoxy groups -OCH3 is 1. The van der Waals surface area contributed by atoms with Gasteiger partial charge in [-0.15, -0.1) is 0 Å². The SMILES string of the molecule is COc1cc(CN(Cc2cn3c4c(c(F)c(F)cc4c2=O)OC3C)[C@H]2CCCN(c3ccc([N+](=O)[O-])nc3)C2)ccn1. The molecule has 2 aliphatic rings. The molecule has 0 N–H and O–H groups in total. The molecular weight excluding hydrogens is 550 g/mol. The van der Waals surface area contributed by atoms with Crippen LogP contribution in [0.4, 0.5) is 20.3 Å². The van der Waals surface area contributed by atoms with Gasteiger partial charge in [0.15, 0.2) is 29.4 Å². The molecule has 3 aromatic heterocycles. The van der Waals surface area contributed by atoms with Crippen LogP contribution in [0.2, 0.25) is 0 Å². The second-order valence-corrected chi connectivity index (χ2v) is 10.5. The van der Waals surface area contributed by atoms with Crippen LogP contribution in [-0.4, -0.2) is 50.6 Å². The Morgan fingerprint density at radius 2 is 2.05 bits per heavy atom. The molecule has 13 heteroatoms. The van der Waals surface area contributed by atoms with Crippen LogP contribution in [0.5, 0.6) is 11.6 Å². The number of rotatable bonds is 8. The van der Waals surface area contributed by atoms with E-state index in [9.17, 15) is 23.7 Å². The van der Waals surface area contributed by atoms with Crippen molar-refractivity contribution >= 4 is 22.4 Å². The van der Waals surface area contributed by atoms with E-state index in [1.165, 1.54) is 12.3 Å². The normalized spacial score (nSPS) is 18.0. The van der Waals surface area contributed by atoms with E-state index in [1.807, 2.05) is 12.1 Å². The van der Waals surface area contributed by atoms with Gasteiger partial charge < -0.3 is 29.1 Å². The molecule has 11 nitrogen and oxygen atoms in total. The van der Waals surface area contributed by atoms with Crippen LogP contribution in [0.1, 0.15) is 37.1 Å². The van der Waals surface area contributed by atoms with Crippen LogP contribution in [0.15, 0.2) is 53.7 Å². The van der Waals surface area contributed by atoms with Crippen LogP contribution in [0, 0.1) is 21.7 Å². The molecule has 6 rings (SSSR count). The second kappa shape index (κ2) is 11.0. The molecule has 1 aromatic carbocycles. The maximum atomic E-state index is 14.5. The number of aromatic nitrogens is 3. The number of piperidine rings is 1. The van der Waals surface area contributed by atoms with E-state index in [-0.39, 0.29) is 40.5 Å². The minimum absolute atomic E-state index is 0.0176. The number of halogens is 2. The predicted octanol–water partition coefficient (Wildman–Crippen LogP) is 4.57. The Hall–Kier alpha value is -4.65. The van der Waals surface area contributed by atoms with Gasteiger partial charge >= 0.3 is 5.82 Å². The van der Waals surface area contributed by atoms with E-state index in [1.54, 1.807) is 37.1 Å². The molecule has 0 spiro atoms. The zero-order valence-corrected chi connectivity index (χ0v) is 23.0. The van der Waals surface area contributed by atoms with Gasteiger partial charge in [0.25, 0.3) is 0 Å². The van der Waals surface area contributed by atoms with Gasteiger partial charge in [0.1, 0.15) is 5.52 Å². The summed E-state index contributed by atoms with van der Waals surface area (Å²) in [5.74, 6) is -2.24. The molecule has 0 aliphatic carbocycles. The summed E-state index contributed by atoms with van der Waals surface area (Å²) in [5, 5.41) is 11.1. The zero-order valence-electron chi connectivity index (χ0n) is 23.0. The summed E-state index contributed by atoms with van der Waals surface area (Å²) >= 11 is 0. The number of anilines is 1. The summed E-state index contributed by atoms with van der Waals surface area (Å²) in [4.78, 5) is 36.7. The third-order valence-corrected chi connectivity index (χ3v) is 7.88. The van der Waals surface area contributed by atoms with Crippen LogP contribution in [-0.2, 0) is 13.1 Å². The third-order valence-electron chi connectivity index (χ3n) is 7.88. The molecule has 0 radical (unpaired) electrons. The lowest BCUT2D eigenvalue weighted by molar-refractivity contribution is -0.389. The predicted molar refractivity (Wildman–Crippen MR) is 150 cm³/mol. The minimum Gasteiger partial charge on any atom is -0.481 e. The standard InChI is InChI=1S/C29H28F2N6O5/c1-17-36-15-19(28(38)22-11-23(30)26(31)29(42-17)27(22)36)14-35(13-18-7-8-32-25(10-18)41-2)21-4-3-9-34(16-21)20-5-6-24(33-12-20)37(39)40/h5-8,10-12,15,17,21H,3-4,9,13-14,16H2,1-2H3/t17?,21-/m0/s1. The Labute approximate surface area is 239 Å². The first kappa shape index (κ1) is 27.5. The van der Waals surface area contributed by atoms with Crippen molar-refractivity contribution in [3.8, 4) is 11.6 Å². The summed E-state index contributed by atoms with van der Waals surface area (Å²) in [5.41, 5.74) is 1.98. The number of ether oxygens (including phenoxy) is 2. The topological polar surface area (TPSA) is 116 Å². The fraction of sp³-hybridized carbons (Fsp3) is 0.345. The van der Waals surface area contributed by atoms with Gasteiger partial charge in [-0.2, -0.15) is 4.39 Å². The van der Waals surface area contributed by atoms with Crippen molar-refractivity contribution in [3.05, 3.63) is 92.0 Å². The highest BCUT2D eigenvalue weighted by atomic mass is 19.2.